The molecule has 0 saturated carbocycles. The summed E-state index contributed by atoms with van der Waals surface area (Å²) in [4.78, 5) is 37.8. The third-order valence-electron chi connectivity index (χ3n) is 4.43. The van der Waals surface area contributed by atoms with Crippen molar-refractivity contribution in [2.24, 2.45) is 0 Å². The predicted molar refractivity (Wildman–Crippen MR) is 103 cm³/mol. The summed E-state index contributed by atoms with van der Waals surface area (Å²) in [6, 6.07) is 11.7. The van der Waals surface area contributed by atoms with Crippen LogP contribution in [0.3, 0.4) is 0 Å². The number of benzene rings is 2. The zero-order valence-corrected chi connectivity index (χ0v) is 15.9. The van der Waals surface area contributed by atoms with Crippen LogP contribution in [0.2, 0.25) is 5.02 Å². The van der Waals surface area contributed by atoms with Crippen LogP contribution in [0.1, 0.15) is 19.8 Å². The minimum absolute atomic E-state index is 0.124. The van der Waals surface area contributed by atoms with Gasteiger partial charge in [0, 0.05) is 35.4 Å². The highest BCUT2D eigenvalue weighted by atomic mass is 35.5. The van der Waals surface area contributed by atoms with Crippen LogP contribution in [-0.4, -0.2) is 22.7 Å². The molecule has 1 N–H and O–H groups in total. The molecule has 1 atom stereocenters. The first-order valence-corrected chi connectivity index (χ1v) is 9.50. The van der Waals surface area contributed by atoms with Gasteiger partial charge in [-0.1, -0.05) is 23.4 Å². The third kappa shape index (κ3) is 3.07. The lowest BCUT2D eigenvalue weighted by molar-refractivity contribution is -0.137. The number of halogens is 1. The van der Waals surface area contributed by atoms with Crippen molar-refractivity contribution in [3.8, 4) is 5.75 Å². The highest BCUT2D eigenvalue weighted by Crippen LogP contribution is 2.56. The zero-order valence-electron chi connectivity index (χ0n) is 14.3. The smallest absolute Gasteiger partial charge is 0.348 e. The van der Waals surface area contributed by atoms with E-state index in [4.69, 9.17) is 16.3 Å². The Morgan fingerprint density at radius 1 is 1.22 bits per heavy atom. The number of anilines is 2. The Morgan fingerprint density at radius 2 is 1.96 bits per heavy atom. The summed E-state index contributed by atoms with van der Waals surface area (Å²) in [7, 11) is 0. The van der Waals surface area contributed by atoms with Crippen LogP contribution in [0.25, 0.3) is 0 Å². The Bertz CT molecular complexity index is 963. The fourth-order valence-corrected chi connectivity index (χ4v) is 4.83. The number of ether oxygens (including phenoxy) is 1. The molecule has 2 amide bonds. The van der Waals surface area contributed by atoms with Crippen molar-refractivity contribution in [1.29, 1.82) is 0 Å². The van der Waals surface area contributed by atoms with Gasteiger partial charge < -0.3 is 10.1 Å². The third-order valence-corrected chi connectivity index (χ3v) is 6.12. The van der Waals surface area contributed by atoms with Gasteiger partial charge in [0.05, 0.1) is 5.69 Å². The maximum Gasteiger partial charge on any atom is 0.348 e. The van der Waals surface area contributed by atoms with Crippen molar-refractivity contribution in [1.82, 2.24) is 0 Å². The summed E-state index contributed by atoms with van der Waals surface area (Å²) in [6.45, 7) is 1.42. The van der Waals surface area contributed by atoms with E-state index in [2.05, 4.69) is 5.32 Å². The van der Waals surface area contributed by atoms with Crippen LogP contribution in [0.4, 0.5) is 11.4 Å². The standard InChI is InChI=1S/C19H15ClN2O4S/c1-11(23)21-13-3-5-14(6-4-13)26-18(25)19-9-8-17(24)22(19)15-10-12(20)2-7-16(15)27-19/h2-7,10H,8-9H2,1H3,(H,21,23)/t19-/m1/s1. The number of fused-ring (bicyclic) bond motifs is 3. The summed E-state index contributed by atoms with van der Waals surface area (Å²) < 4.78 is 5.57. The molecule has 0 aliphatic carbocycles. The molecule has 27 heavy (non-hydrogen) atoms. The number of amides is 2. The summed E-state index contributed by atoms with van der Waals surface area (Å²) in [5.74, 6) is -0.464. The molecule has 2 aromatic rings. The molecular weight excluding hydrogens is 388 g/mol. The molecule has 0 radical (unpaired) electrons. The molecule has 4 rings (SSSR count). The van der Waals surface area contributed by atoms with Crippen molar-refractivity contribution < 1.29 is 19.1 Å². The molecule has 0 unspecified atom stereocenters. The topological polar surface area (TPSA) is 75.7 Å². The largest absolute Gasteiger partial charge is 0.424 e. The van der Waals surface area contributed by atoms with Crippen molar-refractivity contribution in [2.45, 2.75) is 29.5 Å². The van der Waals surface area contributed by atoms with Gasteiger partial charge in [0.2, 0.25) is 11.8 Å². The van der Waals surface area contributed by atoms with Gasteiger partial charge in [0.25, 0.3) is 0 Å². The monoisotopic (exact) mass is 402 g/mol. The number of carbonyl (C=O) groups is 3. The number of rotatable bonds is 3. The highest BCUT2D eigenvalue weighted by Gasteiger charge is 2.58. The van der Waals surface area contributed by atoms with Gasteiger partial charge in [-0.25, -0.2) is 4.79 Å². The first kappa shape index (κ1) is 17.9. The van der Waals surface area contributed by atoms with Crippen LogP contribution in [0.15, 0.2) is 47.4 Å². The summed E-state index contributed by atoms with van der Waals surface area (Å²) in [5.41, 5.74) is 1.25. The average molecular weight is 403 g/mol. The maximum absolute atomic E-state index is 13.0. The van der Waals surface area contributed by atoms with Gasteiger partial charge in [-0.2, -0.15) is 0 Å². The lowest BCUT2D eigenvalue weighted by Gasteiger charge is -2.28. The number of nitrogens with zero attached hydrogens (tertiary/aromatic N) is 1. The Hall–Kier alpha value is -2.51. The first-order chi connectivity index (χ1) is 12.9. The summed E-state index contributed by atoms with van der Waals surface area (Å²) >= 11 is 7.39. The van der Waals surface area contributed by atoms with Gasteiger partial charge in [-0.3, -0.25) is 14.5 Å². The molecular formula is C19H15ClN2O4S. The van der Waals surface area contributed by atoms with Gasteiger partial charge >= 0.3 is 5.97 Å². The number of carbonyl (C=O) groups excluding carboxylic acids is 3. The quantitative estimate of drug-likeness (QED) is 0.623. The van der Waals surface area contributed by atoms with Crippen LogP contribution < -0.4 is 15.0 Å². The molecule has 8 heteroatoms. The van der Waals surface area contributed by atoms with E-state index in [0.29, 0.717) is 28.6 Å². The second-order valence-corrected chi connectivity index (χ2v) is 8.08. The molecule has 0 aromatic heterocycles. The number of thioether (sulfide) groups is 1. The van der Waals surface area contributed by atoms with Gasteiger partial charge in [0.1, 0.15) is 5.75 Å². The molecule has 1 saturated heterocycles. The molecule has 6 nitrogen and oxygen atoms in total. The Labute approximate surface area is 164 Å². The SMILES string of the molecule is CC(=O)Nc1ccc(OC(=O)[C@]23CCC(=O)N2c2cc(Cl)ccc2S3)cc1. The first-order valence-electron chi connectivity index (χ1n) is 8.31. The van der Waals surface area contributed by atoms with E-state index >= 15 is 0 Å². The molecule has 1 fully saturated rings. The van der Waals surface area contributed by atoms with Crippen molar-refractivity contribution >= 4 is 52.5 Å². The van der Waals surface area contributed by atoms with E-state index in [9.17, 15) is 14.4 Å². The Balaban J connectivity index is 1.60. The van der Waals surface area contributed by atoms with Gasteiger partial charge in [-0.15, -0.1) is 0 Å². The highest BCUT2D eigenvalue weighted by molar-refractivity contribution is 8.02. The molecule has 2 aromatic carbocycles. The lowest BCUT2D eigenvalue weighted by atomic mass is 10.2. The average Bonchev–Trinajstić information content (AvgIpc) is 3.12. The van der Waals surface area contributed by atoms with E-state index in [1.165, 1.54) is 23.6 Å². The molecule has 138 valence electrons. The molecule has 2 aliphatic rings. The number of esters is 1. The normalized spacial score (nSPS) is 20.2. The maximum atomic E-state index is 13.0. The van der Waals surface area contributed by atoms with Gasteiger partial charge in [0.15, 0.2) is 4.87 Å². The number of hydrogen-bond acceptors (Lipinski definition) is 5. The van der Waals surface area contributed by atoms with E-state index in [-0.39, 0.29) is 18.2 Å². The number of nitrogens with one attached hydrogen (secondary N) is 1. The van der Waals surface area contributed by atoms with Crippen LogP contribution in [0.5, 0.6) is 5.75 Å². The minimum Gasteiger partial charge on any atom is -0.424 e. The zero-order chi connectivity index (χ0) is 19.2. The molecule has 2 heterocycles. The second-order valence-electron chi connectivity index (χ2n) is 6.32. The number of hydrogen-bond donors (Lipinski definition) is 1. The fraction of sp³-hybridized carbons (Fsp3) is 0.211. The van der Waals surface area contributed by atoms with Crippen LogP contribution in [0, 0.1) is 0 Å². The van der Waals surface area contributed by atoms with E-state index in [0.717, 1.165) is 4.90 Å². The van der Waals surface area contributed by atoms with Crippen molar-refractivity contribution in [2.75, 3.05) is 10.2 Å². The lowest BCUT2D eigenvalue weighted by Crippen LogP contribution is -2.48. The summed E-state index contributed by atoms with van der Waals surface area (Å²) in [6.07, 6.45) is 0.640. The molecule has 0 bridgehead atoms. The van der Waals surface area contributed by atoms with E-state index in [1.807, 2.05) is 6.07 Å². The van der Waals surface area contributed by atoms with Crippen LogP contribution >= 0.6 is 23.4 Å². The minimum atomic E-state index is -1.11. The second kappa shape index (κ2) is 6.58. The van der Waals surface area contributed by atoms with E-state index in [1.54, 1.807) is 36.4 Å². The summed E-state index contributed by atoms with van der Waals surface area (Å²) in [5, 5.41) is 3.16. The predicted octanol–water partition coefficient (Wildman–Crippen LogP) is 3.83. The molecule has 2 aliphatic heterocycles. The van der Waals surface area contributed by atoms with Crippen molar-refractivity contribution in [3.63, 3.8) is 0 Å². The van der Waals surface area contributed by atoms with E-state index < -0.39 is 10.8 Å². The molecule has 0 spiro atoms. The fourth-order valence-electron chi connectivity index (χ4n) is 3.29. The van der Waals surface area contributed by atoms with Crippen LogP contribution in [-0.2, 0) is 14.4 Å². The van der Waals surface area contributed by atoms with Crippen molar-refractivity contribution in [3.05, 3.63) is 47.5 Å². The Morgan fingerprint density at radius 3 is 2.67 bits per heavy atom. The van der Waals surface area contributed by atoms with Gasteiger partial charge in [-0.05, 0) is 42.5 Å². The Kier molecular flexibility index (Phi) is 4.36.